The molecule has 1 heterocycles. The van der Waals surface area contributed by atoms with Gasteiger partial charge in [0.05, 0.1) is 25.4 Å². The minimum Gasteiger partial charge on any atom is -0.380 e. The number of ether oxygens (including phenoxy) is 2. The average Bonchev–Trinajstić information content (AvgIpc) is 2.38. The number of methoxy groups -OCH3 is 1. The lowest BCUT2D eigenvalue weighted by Gasteiger charge is -2.42. The highest BCUT2D eigenvalue weighted by atomic mass is 16.5. The number of carbonyl (C=O) groups excluding carboxylic acids is 1. The van der Waals surface area contributed by atoms with Gasteiger partial charge in [0.25, 0.3) is 5.91 Å². The van der Waals surface area contributed by atoms with Crippen LogP contribution in [0.25, 0.3) is 0 Å². The molecule has 0 aliphatic carbocycles. The van der Waals surface area contributed by atoms with Crippen molar-refractivity contribution >= 4 is 5.91 Å². The number of amides is 1. The van der Waals surface area contributed by atoms with Crippen molar-refractivity contribution in [3.8, 4) is 0 Å². The lowest BCUT2D eigenvalue weighted by Crippen LogP contribution is -2.55. The zero-order valence-electron chi connectivity index (χ0n) is 11.8. The molecule has 0 spiro atoms. The average molecular weight is 263 g/mol. The molecule has 0 unspecified atom stereocenters. The molecule has 1 aliphatic heterocycles. The van der Waals surface area contributed by atoms with E-state index in [2.05, 4.69) is 0 Å². The fourth-order valence-corrected chi connectivity index (χ4v) is 2.35. The van der Waals surface area contributed by atoms with Gasteiger partial charge in [-0.2, -0.15) is 0 Å². The molecule has 0 aromatic heterocycles. The molecule has 104 valence electrons. The number of nitrogens with zero attached hydrogens (tertiary/aromatic N) is 1. The summed E-state index contributed by atoms with van der Waals surface area (Å²) in [5.41, 5.74) is 1.47. The minimum atomic E-state index is -0.257. The second kappa shape index (κ2) is 5.72. The summed E-state index contributed by atoms with van der Waals surface area (Å²) in [5.74, 6) is 0.0613. The van der Waals surface area contributed by atoms with Crippen LogP contribution in [-0.4, -0.2) is 43.2 Å². The summed E-state index contributed by atoms with van der Waals surface area (Å²) < 4.78 is 10.6. The SMILES string of the molecule is COCc1cccc(C(=O)N2CCOCC2(C)C)c1. The summed E-state index contributed by atoms with van der Waals surface area (Å²) in [5, 5.41) is 0. The van der Waals surface area contributed by atoms with Crippen LogP contribution in [0.2, 0.25) is 0 Å². The van der Waals surface area contributed by atoms with Crippen LogP contribution in [-0.2, 0) is 16.1 Å². The number of hydrogen-bond donors (Lipinski definition) is 0. The molecule has 0 atom stereocenters. The Morgan fingerprint density at radius 2 is 2.26 bits per heavy atom. The van der Waals surface area contributed by atoms with Crippen LogP contribution in [0.3, 0.4) is 0 Å². The number of hydrogen-bond acceptors (Lipinski definition) is 3. The van der Waals surface area contributed by atoms with E-state index in [-0.39, 0.29) is 11.4 Å². The molecule has 0 N–H and O–H groups in total. The number of morpholine rings is 1. The maximum Gasteiger partial charge on any atom is 0.254 e. The molecular weight excluding hydrogens is 242 g/mol. The highest BCUT2D eigenvalue weighted by Gasteiger charge is 2.34. The quantitative estimate of drug-likeness (QED) is 0.838. The molecular formula is C15H21NO3. The molecule has 0 radical (unpaired) electrons. The first-order valence-electron chi connectivity index (χ1n) is 6.52. The van der Waals surface area contributed by atoms with Gasteiger partial charge in [0, 0.05) is 19.2 Å². The van der Waals surface area contributed by atoms with Gasteiger partial charge in [-0.1, -0.05) is 12.1 Å². The monoisotopic (exact) mass is 263 g/mol. The molecule has 1 fully saturated rings. The fourth-order valence-electron chi connectivity index (χ4n) is 2.35. The zero-order valence-corrected chi connectivity index (χ0v) is 11.8. The maximum atomic E-state index is 12.6. The van der Waals surface area contributed by atoms with E-state index in [1.807, 2.05) is 43.0 Å². The summed E-state index contributed by atoms with van der Waals surface area (Å²) >= 11 is 0. The zero-order chi connectivity index (χ0) is 13.9. The summed E-state index contributed by atoms with van der Waals surface area (Å²) in [6, 6.07) is 7.62. The van der Waals surface area contributed by atoms with Crippen molar-refractivity contribution in [3.63, 3.8) is 0 Å². The van der Waals surface area contributed by atoms with Crippen LogP contribution >= 0.6 is 0 Å². The van der Waals surface area contributed by atoms with E-state index >= 15 is 0 Å². The standard InChI is InChI=1S/C15H21NO3/c1-15(2)11-19-8-7-16(15)14(17)13-6-4-5-12(9-13)10-18-3/h4-6,9H,7-8,10-11H2,1-3H3. The van der Waals surface area contributed by atoms with Crippen molar-refractivity contribution in [1.82, 2.24) is 4.90 Å². The molecule has 1 saturated heterocycles. The highest BCUT2D eigenvalue weighted by molar-refractivity contribution is 5.95. The van der Waals surface area contributed by atoms with Crippen molar-refractivity contribution in [3.05, 3.63) is 35.4 Å². The second-order valence-electron chi connectivity index (χ2n) is 5.46. The summed E-state index contributed by atoms with van der Waals surface area (Å²) in [6.07, 6.45) is 0. The molecule has 0 saturated carbocycles. The van der Waals surface area contributed by atoms with Gasteiger partial charge < -0.3 is 14.4 Å². The van der Waals surface area contributed by atoms with E-state index in [9.17, 15) is 4.79 Å². The molecule has 19 heavy (non-hydrogen) atoms. The van der Waals surface area contributed by atoms with Gasteiger partial charge in [-0.25, -0.2) is 0 Å². The summed E-state index contributed by atoms with van der Waals surface area (Å²) in [4.78, 5) is 14.5. The smallest absolute Gasteiger partial charge is 0.254 e. The van der Waals surface area contributed by atoms with Crippen molar-refractivity contribution in [1.29, 1.82) is 0 Å². The molecule has 1 aliphatic rings. The third kappa shape index (κ3) is 3.14. The second-order valence-corrected chi connectivity index (χ2v) is 5.46. The number of benzene rings is 1. The predicted molar refractivity (Wildman–Crippen MR) is 73.1 cm³/mol. The topological polar surface area (TPSA) is 38.8 Å². The van der Waals surface area contributed by atoms with Crippen LogP contribution in [0.1, 0.15) is 29.8 Å². The van der Waals surface area contributed by atoms with Crippen molar-refractivity contribution in [2.24, 2.45) is 0 Å². The van der Waals surface area contributed by atoms with E-state index in [4.69, 9.17) is 9.47 Å². The molecule has 1 aromatic rings. The Balaban J connectivity index is 2.20. The Bertz CT molecular complexity index is 456. The molecule has 0 bridgehead atoms. The van der Waals surface area contributed by atoms with Gasteiger partial charge in [0.15, 0.2) is 0 Å². The summed E-state index contributed by atoms with van der Waals surface area (Å²) in [6.45, 7) is 6.41. The van der Waals surface area contributed by atoms with Crippen LogP contribution < -0.4 is 0 Å². The van der Waals surface area contributed by atoms with Crippen molar-refractivity contribution in [2.75, 3.05) is 26.9 Å². The van der Waals surface area contributed by atoms with Crippen LogP contribution in [0.4, 0.5) is 0 Å². The van der Waals surface area contributed by atoms with Crippen molar-refractivity contribution in [2.45, 2.75) is 26.0 Å². The van der Waals surface area contributed by atoms with Gasteiger partial charge in [-0.05, 0) is 31.5 Å². The van der Waals surface area contributed by atoms with Crippen LogP contribution in [0.15, 0.2) is 24.3 Å². The first-order chi connectivity index (χ1) is 9.04. The van der Waals surface area contributed by atoms with Crippen molar-refractivity contribution < 1.29 is 14.3 Å². The first kappa shape index (κ1) is 14.0. The van der Waals surface area contributed by atoms with E-state index < -0.39 is 0 Å². The van der Waals surface area contributed by atoms with E-state index in [1.165, 1.54) is 0 Å². The predicted octanol–water partition coefficient (Wildman–Crippen LogP) is 2.08. The Kier molecular flexibility index (Phi) is 4.22. The van der Waals surface area contributed by atoms with Crippen LogP contribution in [0.5, 0.6) is 0 Å². The third-order valence-corrected chi connectivity index (χ3v) is 3.38. The lowest BCUT2D eigenvalue weighted by atomic mass is 10.0. The normalized spacial score (nSPS) is 18.4. The first-order valence-corrected chi connectivity index (χ1v) is 6.52. The van der Waals surface area contributed by atoms with Gasteiger partial charge in [-0.3, -0.25) is 4.79 Å². The van der Waals surface area contributed by atoms with Gasteiger partial charge >= 0.3 is 0 Å². The molecule has 4 nitrogen and oxygen atoms in total. The van der Waals surface area contributed by atoms with E-state index in [1.54, 1.807) is 7.11 Å². The van der Waals surface area contributed by atoms with Gasteiger partial charge in [-0.15, -0.1) is 0 Å². The molecule has 1 aromatic carbocycles. The Labute approximate surface area is 114 Å². The Morgan fingerprint density at radius 3 is 2.95 bits per heavy atom. The lowest BCUT2D eigenvalue weighted by molar-refractivity contribution is -0.0370. The highest BCUT2D eigenvalue weighted by Crippen LogP contribution is 2.22. The van der Waals surface area contributed by atoms with Crippen LogP contribution in [0, 0.1) is 0 Å². The molecule has 1 amide bonds. The number of rotatable bonds is 3. The van der Waals surface area contributed by atoms with E-state index in [0.717, 1.165) is 5.56 Å². The number of carbonyl (C=O) groups is 1. The Hall–Kier alpha value is -1.39. The Morgan fingerprint density at radius 1 is 1.47 bits per heavy atom. The fraction of sp³-hybridized carbons (Fsp3) is 0.533. The minimum absolute atomic E-state index is 0.0613. The van der Waals surface area contributed by atoms with Gasteiger partial charge in [0.1, 0.15) is 0 Å². The third-order valence-electron chi connectivity index (χ3n) is 3.38. The summed E-state index contributed by atoms with van der Waals surface area (Å²) in [7, 11) is 1.65. The molecule has 4 heteroatoms. The largest absolute Gasteiger partial charge is 0.380 e. The maximum absolute atomic E-state index is 12.6. The molecule has 2 rings (SSSR count). The van der Waals surface area contributed by atoms with E-state index in [0.29, 0.717) is 31.9 Å². The van der Waals surface area contributed by atoms with Gasteiger partial charge in [0.2, 0.25) is 0 Å².